The maximum Gasteiger partial charge on any atom is 0.268 e. The van der Waals surface area contributed by atoms with Crippen LogP contribution in [0.1, 0.15) is 11.3 Å². The lowest BCUT2D eigenvalue weighted by molar-refractivity contribution is -0.135. The Morgan fingerprint density at radius 1 is 1.09 bits per heavy atom. The maximum atomic E-state index is 12.6. The van der Waals surface area contributed by atoms with Crippen LogP contribution in [0.25, 0.3) is 5.57 Å². The minimum Gasteiger partial charge on any atom is -0.468 e. The number of furan rings is 1. The lowest BCUT2D eigenvalue weighted by Crippen LogP contribution is -2.31. The smallest absolute Gasteiger partial charge is 0.268 e. The molecule has 0 fully saturated rings. The average Bonchev–Trinajstić information content (AvgIpc) is 3.16. The molecular formula is C18H15NO3S. The highest BCUT2D eigenvalue weighted by molar-refractivity contribution is 8.03. The first-order valence-corrected chi connectivity index (χ1v) is 8.13. The van der Waals surface area contributed by atoms with E-state index in [0.717, 1.165) is 11.3 Å². The second-order valence-electron chi connectivity index (χ2n) is 4.95. The molecule has 4 nitrogen and oxygen atoms in total. The largest absolute Gasteiger partial charge is 0.468 e. The third kappa shape index (κ3) is 3.00. The predicted molar refractivity (Wildman–Crippen MR) is 90.3 cm³/mol. The number of imide groups is 1. The number of carbonyl (C=O) groups excluding carboxylic acids is 2. The van der Waals surface area contributed by atoms with Crippen LogP contribution in [-0.4, -0.2) is 23.3 Å². The zero-order valence-corrected chi connectivity index (χ0v) is 13.2. The molecule has 2 aromatic rings. The fourth-order valence-corrected chi connectivity index (χ4v) is 3.41. The Balaban J connectivity index is 1.96. The minimum atomic E-state index is -0.275. The van der Waals surface area contributed by atoms with E-state index in [1.807, 2.05) is 36.4 Å². The van der Waals surface area contributed by atoms with E-state index in [0.29, 0.717) is 16.2 Å². The van der Waals surface area contributed by atoms with Crippen LogP contribution < -0.4 is 0 Å². The van der Waals surface area contributed by atoms with Crippen molar-refractivity contribution in [3.05, 3.63) is 77.6 Å². The molecule has 0 bridgehead atoms. The van der Waals surface area contributed by atoms with Gasteiger partial charge in [-0.05, 0) is 17.7 Å². The van der Waals surface area contributed by atoms with Gasteiger partial charge in [0.15, 0.2) is 0 Å². The van der Waals surface area contributed by atoms with Crippen LogP contribution in [-0.2, 0) is 15.3 Å². The molecule has 0 spiro atoms. The third-order valence-corrected chi connectivity index (χ3v) is 4.53. The Hall–Kier alpha value is -2.53. The minimum absolute atomic E-state index is 0.207. The topological polar surface area (TPSA) is 50.5 Å². The van der Waals surface area contributed by atoms with E-state index >= 15 is 0 Å². The molecule has 0 radical (unpaired) electrons. The van der Waals surface area contributed by atoms with Gasteiger partial charge >= 0.3 is 0 Å². The fraction of sp³-hybridized carbons (Fsp3) is 0.111. The summed E-state index contributed by atoms with van der Waals surface area (Å²) in [6, 6.07) is 12.9. The van der Waals surface area contributed by atoms with Crippen molar-refractivity contribution in [3.8, 4) is 0 Å². The van der Waals surface area contributed by atoms with E-state index in [1.165, 1.54) is 16.7 Å². The summed E-state index contributed by atoms with van der Waals surface area (Å²) >= 11 is 1.33. The molecule has 0 atom stereocenters. The molecule has 0 unspecified atom stereocenters. The molecule has 2 heterocycles. The molecule has 116 valence electrons. The lowest BCUT2D eigenvalue weighted by Gasteiger charge is -2.11. The molecule has 23 heavy (non-hydrogen) atoms. The number of thioether (sulfide) groups is 1. The lowest BCUT2D eigenvalue weighted by atomic mass is 10.1. The van der Waals surface area contributed by atoms with Gasteiger partial charge in [-0.2, -0.15) is 0 Å². The Kier molecular flexibility index (Phi) is 4.48. The molecular weight excluding hydrogens is 310 g/mol. The highest BCUT2D eigenvalue weighted by Crippen LogP contribution is 2.37. The Morgan fingerprint density at radius 3 is 2.52 bits per heavy atom. The van der Waals surface area contributed by atoms with Crippen LogP contribution in [0.3, 0.4) is 0 Å². The first-order valence-electron chi connectivity index (χ1n) is 7.14. The standard InChI is InChI=1S/C18H15NO3S/c1-2-10-19-17(20)15(13-7-4-3-5-8-13)16(18(19)21)23-12-14-9-6-11-22-14/h2-9,11H,1,10,12H2. The van der Waals surface area contributed by atoms with Crippen molar-refractivity contribution in [3.63, 3.8) is 0 Å². The number of carbonyl (C=O) groups is 2. The average molecular weight is 325 g/mol. The highest BCUT2D eigenvalue weighted by Gasteiger charge is 2.38. The summed E-state index contributed by atoms with van der Waals surface area (Å²) < 4.78 is 5.30. The number of hydrogen-bond acceptors (Lipinski definition) is 4. The SMILES string of the molecule is C=CCN1C(=O)C(SCc2ccco2)=C(c2ccccc2)C1=O. The van der Waals surface area contributed by atoms with Crippen molar-refractivity contribution in [1.29, 1.82) is 0 Å². The first-order chi connectivity index (χ1) is 11.2. The van der Waals surface area contributed by atoms with Gasteiger partial charge in [0.05, 0.1) is 22.5 Å². The van der Waals surface area contributed by atoms with Gasteiger partial charge in [-0.15, -0.1) is 18.3 Å². The molecule has 1 aliphatic heterocycles. The highest BCUT2D eigenvalue weighted by atomic mass is 32.2. The van der Waals surface area contributed by atoms with Gasteiger partial charge in [-0.1, -0.05) is 36.4 Å². The van der Waals surface area contributed by atoms with Crippen LogP contribution in [0.2, 0.25) is 0 Å². The quantitative estimate of drug-likeness (QED) is 0.603. The number of benzene rings is 1. The summed E-state index contributed by atoms with van der Waals surface area (Å²) in [5, 5.41) is 0. The molecule has 0 saturated heterocycles. The summed E-state index contributed by atoms with van der Waals surface area (Å²) in [6.45, 7) is 3.82. The molecule has 0 saturated carbocycles. The van der Waals surface area contributed by atoms with Crippen molar-refractivity contribution in [2.24, 2.45) is 0 Å². The zero-order chi connectivity index (χ0) is 16.2. The van der Waals surface area contributed by atoms with Crippen LogP contribution in [0, 0.1) is 0 Å². The van der Waals surface area contributed by atoms with E-state index in [9.17, 15) is 9.59 Å². The van der Waals surface area contributed by atoms with Gasteiger partial charge in [0.1, 0.15) is 5.76 Å². The molecule has 1 aliphatic rings. The summed E-state index contributed by atoms with van der Waals surface area (Å²) in [5.41, 5.74) is 1.20. The van der Waals surface area contributed by atoms with Crippen molar-refractivity contribution in [2.45, 2.75) is 5.75 Å². The molecule has 5 heteroatoms. The summed E-state index contributed by atoms with van der Waals surface area (Å²) in [4.78, 5) is 26.9. The number of amides is 2. The van der Waals surface area contributed by atoms with Crippen molar-refractivity contribution in [2.75, 3.05) is 6.54 Å². The van der Waals surface area contributed by atoms with Crippen molar-refractivity contribution in [1.82, 2.24) is 4.90 Å². The number of nitrogens with zero attached hydrogens (tertiary/aromatic N) is 1. The third-order valence-electron chi connectivity index (χ3n) is 3.44. The summed E-state index contributed by atoms with van der Waals surface area (Å²) in [7, 11) is 0. The van der Waals surface area contributed by atoms with Crippen LogP contribution in [0.5, 0.6) is 0 Å². The van der Waals surface area contributed by atoms with Crippen LogP contribution in [0.15, 0.2) is 70.7 Å². The van der Waals surface area contributed by atoms with E-state index in [4.69, 9.17) is 4.42 Å². The maximum absolute atomic E-state index is 12.6. The molecule has 1 aromatic heterocycles. The molecule has 3 rings (SSSR count). The Bertz CT molecular complexity index is 763. The van der Waals surface area contributed by atoms with Crippen LogP contribution >= 0.6 is 11.8 Å². The second-order valence-corrected chi connectivity index (χ2v) is 5.93. The Morgan fingerprint density at radius 2 is 1.87 bits per heavy atom. The predicted octanol–water partition coefficient (Wildman–Crippen LogP) is 3.48. The van der Waals surface area contributed by atoms with Gasteiger partial charge in [0, 0.05) is 6.54 Å². The van der Waals surface area contributed by atoms with E-state index in [1.54, 1.807) is 18.4 Å². The molecule has 0 aliphatic carbocycles. The monoisotopic (exact) mass is 325 g/mol. The van der Waals surface area contributed by atoms with Gasteiger partial charge in [0.25, 0.3) is 11.8 Å². The number of hydrogen-bond donors (Lipinski definition) is 0. The first kappa shape index (κ1) is 15.4. The van der Waals surface area contributed by atoms with Gasteiger partial charge in [0.2, 0.25) is 0 Å². The number of rotatable bonds is 6. The van der Waals surface area contributed by atoms with E-state index < -0.39 is 0 Å². The molecule has 2 amide bonds. The normalized spacial score (nSPS) is 14.7. The molecule has 1 aromatic carbocycles. The summed E-state index contributed by atoms with van der Waals surface area (Å²) in [5.74, 6) is 0.713. The summed E-state index contributed by atoms with van der Waals surface area (Å²) in [6.07, 6.45) is 3.15. The zero-order valence-electron chi connectivity index (χ0n) is 12.4. The van der Waals surface area contributed by atoms with Gasteiger partial charge in [-0.25, -0.2) is 0 Å². The van der Waals surface area contributed by atoms with Gasteiger partial charge in [-0.3, -0.25) is 14.5 Å². The van der Waals surface area contributed by atoms with Crippen molar-refractivity contribution < 1.29 is 14.0 Å². The van der Waals surface area contributed by atoms with Crippen molar-refractivity contribution >= 4 is 29.1 Å². The molecule has 0 N–H and O–H groups in total. The van der Waals surface area contributed by atoms with E-state index in [-0.39, 0.29) is 18.4 Å². The second kappa shape index (κ2) is 6.71. The van der Waals surface area contributed by atoms with E-state index in [2.05, 4.69) is 6.58 Å². The van der Waals surface area contributed by atoms with Crippen LogP contribution in [0.4, 0.5) is 0 Å². The fourth-order valence-electron chi connectivity index (χ4n) is 2.38. The van der Waals surface area contributed by atoms with Gasteiger partial charge < -0.3 is 4.42 Å². The Labute approximate surface area is 138 Å².